The maximum absolute atomic E-state index is 13.3. The van der Waals surface area contributed by atoms with Crippen LogP contribution in [0.15, 0.2) is 22.7 Å². The molecule has 1 amide bonds. The Kier molecular flexibility index (Phi) is 5.57. The normalized spacial score (nSPS) is 9.89. The lowest BCUT2D eigenvalue weighted by Gasteiger charge is -2.07. The molecule has 0 heterocycles. The summed E-state index contributed by atoms with van der Waals surface area (Å²) in [5.41, 5.74) is 0. The monoisotopic (exact) mass is 319 g/mol. The zero-order chi connectivity index (χ0) is 13.5. The second kappa shape index (κ2) is 6.95. The Morgan fingerprint density at radius 3 is 2.78 bits per heavy atom. The number of carbonyl (C=O) groups is 2. The Morgan fingerprint density at radius 1 is 1.44 bits per heavy atom. The molecular weight excluding hydrogens is 309 g/mol. The van der Waals surface area contributed by atoms with Crippen molar-refractivity contribution in [3.8, 4) is 5.75 Å². The summed E-state index contributed by atoms with van der Waals surface area (Å²) in [7, 11) is 0. The van der Waals surface area contributed by atoms with Gasteiger partial charge in [0.1, 0.15) is 0 Å². The number of halogens is 2. The highest BCUT2D eigenvalue weighted by Gasteiger charge is 2.07. The van der Waals surface area contributed by atoms with Gasteiger partial charge in [-0.05, 0) is 18.2 Å². The van der Waals surface area contributed by atoms with E-state index in [1.54, 1.807) is 6.07 Å². The lowest BCUT2D eigenvalue weighted by molar-refractivity contribution is -0.137. The van der Waals surface area contributed by atoms with Crippen LogP contribution in [-0.4, -0.2) is 30.1 Å². The first-order valence-corrected chi connectivity index (χ1v) is 5.84. The first kappa shape index (κ1) is 14.4. The summed E-state index contributed by atoms with van der Waals surface area (Å²) >= 11 is 3.09. The third-order valence-corrected chi connectivity index (χ3v) is 2.41. The molecule has 0 spiro atoms. The van der Waals surface area contributed by atoms with Crippen LogP contribution in [0.3, 0.4) is 0 Å². The average Bonchev–Trinajstić information content (AvgIpc) is 2.27. The van der Waals surface area contributed by atoms with E-state index in [2.05, 4.69) is 21.2 Å². The van der Waals surface area contributed by atoms with E-state index in [9.17, 15) is 14.0 Å². The molecular formula is C11H11BrFNO4. The van der Waals surface area contributed by atoms with Crippen molar-refractivity contribution in [2.75, 3.05) is 13.2 Å². The molecule has 2 N–H and O–H groups in total. The van der Waals surface area contributed by atoms with Gasteiger partial charge in [0.25, 0.3) is 5.91 Å². The van der Waals surface area contributed by atoms with E-state index < -0.39 is 17.7 Å². The molecule has 0 aliphatic heterocycles. The van der Waals surface area contributed by atoms with E-state index >= 15 is 0 Å². The minimum absolute atomic E-state index is 0.0142. The molecule has 0 fully saturated rings. The van der Waals surface area contributed by atoms with Gasteiger partial charge in [0, 0.05) is 11.0 Å². The fourth-order valence-corrected chi connectivity index (χ4v) is 1.43. The van der Waals surface area contributed by atoms with Crippen molar-refractivity contribution in [3.05, 3.63) is 28.5 Å². The van der Waals surface area contributed by atoms with Crippen molar-refractivity contribution in [1.82, 2.24) is 5.32 Å². The van der Waals surface area contributed by atoms with Crippen LogP contribution in [0.5, 0.6) is 5.75 Å². The van der Waals surface area contributed by atoms with Gasteiger partial charge in [-0.15, -0.1) is 0 Å². The lowest BCUT2D eigenvalue weighted by atomic mass is 10.3. The smallest absolute Gasteiger partial charge is 0.305 e. The summed E-state index contributed by atoms with van der Waals surface area (Å²) in [6.45, 7) is -0.349. The maximum Gasteiger partial charge on any atom is 0.305 e. The van der Waals surface area contributed by atoms with Gasteiger partial charge >= 0.3 is 5.97 Å². The van der Waals surface area contributed by atoms with Crippen LogP contribution < -0.4 is 10.1 Å². The molecule has 18 heavy (non-hydrogen) atoms. The van der Waals surface area contributed by atoms with Crippen molar-refractivity contribution < 1.29 is 23.8 Å². The second-order valence-electron chi connectivity index (χ2n) is 3.36. The molecule has 1 aromatic carbocycles. The number of carboxylic acids is 1. The summed E-state index contributed by atoms with van der Waals surface area (Å²) in [6.07, 6.45) is -0.168. The Hall–Kier alpha value is -1.63. The fourth-order valence-electron chi connectivity index (χ4n) is 1.10. The first-order valence-electron chi connectivity index (χ1n) is 5.05. The van der Waals surface area contributed by atoms with Crippen molar-refractivity contribution in [2.24, 2.45) is 0 Å². The zero-order valence-corrected chi connectivity index (χ0v) is 10.9. The highest BCUT2D eigenvalue weighted by Crippen LogP contribution is 2.21. The van der Waals surface area contributed by atoms with Crippen LogP contribution in [-0.2, 0) is 9.59 Å². The third kappa shape index (κ3) is 5.13. The molecule has 0 aromatic heterocycles. The molecule has 0 unspecified atom stereocenters. The summed E-state index contributed by atoms with van der Waals surface area (Å²) in [5.74, 6) is -2.12. The van der Waals surface area contributed by atoms with E-state index in [-0.39, 0.29) is 25.3 Å². The number of nitrogens with one attached hydrogen (secondary N) is 1. The summed E-state index contributed by atoms with van der Waals surface area (Å²) in [6, 6.07) is 4.20. The molecule has 0 aliphatic rings. The Labute approximate surface area is 111 Å². The van der Waals surface area contributed by atoms with Crippen molar-refractivity contribution in [3.63, 3.8) is 0 Å². The summed E-state index contributed by atoms with van der Waals surface area (Å²) in [5, 5.41) is 10.7. The van der Waals surface area contributed by atoms with Gasteiger partial charge in [-0.25, -0.2) is 4.39 Å². The second-order valence-corrected chi connectivity index (χ2v) is 4.27. The van der Waals surface area contributed by atoms with E-state index in [4.69, 9.17) is 9.84 Å². The largest absolute Gasteiger partial charge is 0.481 e. The Bertz CT molecular complexity index is 453. The van der Waals surface area contributed by atoms with Crippen molar-refractivity contribution in [2.45, 2.75) is 6.42 Å². The van der Waals surface area contributed by atoms with Gasteiger partial charge < -0.3 is 15.2 Å². The number of hydrogen-bond acceptors (Lipinski definition) is 3. The van der Waals surface area contributed by atoms with Gasteiger partial charge in [0.2, 0.25) is 0 Å². The van der Waals surface area contributed by atoms with Crippen LogP contribution in [0.2, 0.25) is 0 Å². The van der Waals surface area contributed by atoms with Gasteiger partial charge in [-0.2, -0.15) is 0 Å². The summed E-state index contributed by atoms with van der Waals surface area (Å²) in [4.78, 5) is 21.4. The van der Waals surface area contributed by atoms with E-state index in [1.807, 2.05) is 0 Å². The van der Waals surface area contributed by atoms with Crippen molar-refractivity contribution >= 4 is 27.8 Å². The molecule has 98 valence electrons. The predicted molar refractivity (Wildman–Crippen MR) is 64.9 cm³/mol. The Morgan fingerprint density at radius 2 is 2.17 bits per heavy atom. The topological polar surface area (TPSA) is 75.6 Å². The third-order valence-electron chi connectivity index (χ3n) is 1.91. The molecule has 0 bridgehead atoms. The van der Waals surface area contributed by atoms with E-state index in [0.29, 0.717) is 4.47 Å². The van der Waals surface area contributed by atoms with Crippen LogP contribution >= 0.6 is 15.9 Å². The minimum Gasteiger partial charge on any atom is -0.481 e. The SMILES string of the molecule is O=C(O)CCNC(=O)COc1ccc(Br)cc1F. The first-order chi connectivity index (χ1) is 8.49. The number of hydrogen-bond donors (Lipinski definition) is 2. The zero-order valence-electron chi connectivity index (χ0n) is 9.28. The molecule has 0 atom stereocenters. The number of carbonyl (C=O) groups excluding carboxylic acids is 1. The predicted octanol–water partition coefficient (Wildman–Crippen LogP) is 1.56. The number of amides is 1. The maximum atomic E-state index is 13.3. The number of benzene rings is 1. The van der Waals surface area contributed by atoms with E-state index in [1.165, 1.54) is 12.1 Å². The standard InChI is InChI=1S/C11H11BrFNO4/c12-7-1-2-9(8(13)5-7)18-6-10(15)14-4-3-11(16)17/h1-2,5H,3-4,6H2,(H,14,15)(H,16,17). The molecule has 0 radical (unpaired) electrons. The number of aliphatic carboxylic acids is 1. The molecule has 1 rings (SSSR count). The highest BCUT2D eigenvalue weighted by atomic mass is 79.9. The van der Waals surface area contributed by atoms with Crippen LogP contribution in [0.25, 0.3) is 0 Å². The quantitative estimate of drug-likeness (QED) is 0.834. The van der Waals surface area contributed by atoms with Crippen LogP contribution in [0.4, 0.5) is 4.39 Å². The molecule has 1 aromatic rings. The molecule has 7 heteroatoms. The number of ether oxygens (including phenoxy) is 1. The molecule has 0 saturated heterocycles. The molecule has 0 saturated carbocycles. The lowest BCUT2D eigenvalue weighted by Crippen LogP contribution is -2.30. The van der Waals surface area contributed by atoms with E-state index in [0.717, 1.165) is 0 Å². The Balaban J connectivity index is 2.36. The number of carboxylic acid groups (broad SMARTS) is 1. The van der Waals surface area contributed by atoms with Gasteiger partial charge in [-0.3, -0.25) is 9.59 Å². The molecule has 5 nitrogen and oxygen atoms in total. The van der Waals surface area contributed by atoms with Gasteiger partial charge in [-0.1, -0.05) is 15.9 Å². The van der Waals surface area contributed by atoms with Gasteiger partial charge in [0.05, 0.1) is 6.42 Å². The average molecular weight is 320 g/mol. The van der Waals surface area contributed by atoms with Crippen molar-refractivity contribution in [1.29, 1.82) is 0 Å². The number of rotatable bonds is 6. The highest BCUT2D eigenvalue weighted by molar-refractivity contribution is 9.10. The van der Waals surface area contributed by atoms with Crippen LogP contribution in [0.1, 0.15) is 6.42 Å². The summed E-state index contributed by atoms with van der Waals surface area (Å²) < 4.78 is 18.8. The molecule has 0 aliphatic carbocycles. The fraction of sp³-hybridized carbons (Fsp3) is 0.273. The minimum atomic E-state index is -1.00. The van der Waals surface area contributed by atoms with Crippen LogP contribution in [0, 0.1) is 5.82 Å². The van der Waals surface area contributed by atoms with Gasteiger partial charge in [0.15, 0.2) is 18.2 Å².